The molecule has 0 aliphatic rings. The van der Waals surface area contributed by atoms with Crippen LogP contribution in [0.4, 0.5) is 5.13 Å². The van der Waals surface area contributed by atoms with E-state index >= 15 is 0 Å². The number of nitrogens with two attached hydrogens (primary N) is 1. The van der Waals surface area contributed by atoms with Crippen molar-refractivity contribution in [3.63, 3.8) is 0 Å². The first kappa shape index (κ1) is 12.6. The highest BCUT2D eigenvalue weighted by Crippen LogP contribution is 2.25. The van der Waals surface area contributed by atoms with Crippen molar-refractivity contribution in [3.8, 4) is 11.5 Å². The molecule has 2 aromatic rings. The summed E-state index contributed by atoms with van der Waals surface area (Å²) < 4.78 is 10.5. The van der Waals surface area contributed by atoms with E-state index in [1.807, 2.05) is 18.2 Å². The third-order valence-corrected chi connectivity index (χ3v) is 3.39. The van der Waals surface area contributed by atoms with Crippen molar-refractivity contribution >= 4 is 16.5 Å². The zero-order valence-electron chi connectivity index (χ0n) is 10.3. The predicted octanol–water partition coefficient (Wildman–Crippen LogP) is 1.92. The van der Waals surface area contributed by atoms with Crippen molar-refractivity contribution in [2.24, 2.45) is 0 Å². The second kappa shape index (κ2) is 5.68. The molecule has 5 nitrogen and oxygen atoms in total. The summed E-state index contributed by atoms with van der Waals surface area (Å²) in [7, 11) is 3.31. The van der Waals surface area contributed by atoms with E-state index in [0.29, 0.717) is 5.13 Å². The van der Waals surface area contributed by atoms with Gasteiger partial charge in [-0.3, -0.25) is 0 Å². The molecule has 0 aliphatic carbocycles. The van der Waals surface area contributed by atoms with Crippen LogP contribution >= 0.6 is 11.3 Å². The Balaban J connectivity index is 2.11. The summed E-state index contributed by atoms with van der Waals surface area (Å²) in [6, 6.07) is 5.76. The Morgan fingerprint density at radius 1 is 1.17 bits per heavy atom. The maximum absolute atomic E-state index is 5.55. The number of anilines is 1. The summed E-state index contributed by atoms with van der Waals surface area (Å²) in [5.41, 5.74) is 6.64. The van der Waals surface area contributed by atoms with Gasteiger partial charge in [-0.1, -0.05) is 11.3 Å². The van der Waals surface area contributed by atoms with Crippen LogP contribution < -0.4 is 15.2 Å². The molecule has 96 valence electrons. The Bertz CT molecular complexity index is 528. The third-order valence-electron chi connectivity index (χ3n) is 2.58. The Morgan fingerprint density at radius 2 is 2.00 bits per heavy atom. The fraction of sp³-hybridized carbons (Fsp3) is 0.333. The van der Waals surface area contributed by atoms with Gasteiger partial charge in [-0.05, 0) is 30.2 Å². The smallest absolute Gasteiger partial charge is 0.203 e. The number of hydrogen-bond donors (Lipinski definition) is 1. The molecule has 2 N–H and O–H groups in total. The maximum Gasteiger partial charge on any atom is 0.203 e. The van der Waals surface area contributed by atoms with Crippen molar-refractivity contribution < 1.29 is 9.47 Å². The molecule has 1 aromatic heterocycles. The molecule has 18 heavy (non-hydrogen) atoms. The van der Waals surface area contributed by atoms with Gasteiger partial charge in [0.25, 0.3) is 0 Å². The second-order valence-electron chi connectivity index (χ2n) is 3.71. The highest BCUT2D eigenvalue weighted by Gasteiger charge is 2.07. The van der Waals surface area contributed by atoms with Gasteiger partial charge in [-0.2, -0.15) is 0 Å². The number of aromatic nitrogens is 2. The minimum atomic E-state index is 0.502. The van der Waals surface area contributed by atoms with Crippen LogP contribution in [0.1, 0.15) is 10.6 Å². The van der Waals surface area contributed by atoms with Gasteiger partial charge in [0, 0.05) is 6.42 Å². The lowest BCUT2D eigenvalue weighted by atomic mass is 10.1. The molecular weight excluding hydrogens is 250 g/mol. The molecule has 0 radical (unpaired) electrons. The minimum absolute atomic E-state index is 0.502. The van der Waals surface area contributed by atoms with Gasteiger partial charge in [0.15, 0.2) is 0 Å². The molecule has 0 bridgehead atoms. The third kappa shape index (κ3) is 2.89. The molecule has 2 rings (SSSR count). The number of rotatable bonds is 5. The molecule has 0 saturated carbocycles. The highest BCUT2D eigenvalue weighted by molar-refractivity contribution is 7.15. The largest absolute Gasteiger partial charge is 0.497 e. The van der Waals surface area contributed by atoms with Gasteiger partial charge >= 0.3 is 0 Å². The van der Waals surface area contributed by atoms with Crippen LogP contribution in [0, 0.1) is 0 Å². The second-order valence-corrected chi connectivity index (χ2v) is 4.81. The quantitative estimate of drug-likeness (QED) is 0.894. The number of methoxy groups -OCH3 is 2. The Kier molecular flexibility index (Phi) is 3.99. The molecule has 0 saturated heterocycles. The summed E-state index contributed by atoms with van der Waals surface area (Å²) in [6.07, 6.45) is 1.60. The molecule has 0 spiro atoms. The lowest BCUT2D eigenvalue weighted by Gasteiger charge is -2.09. The number of hydrogen-bond acceptors (Lipinski definition) is 6. The normalized spacial score (nSPS) is 10.3. The Hall–Kier alpha value is -1.82. The first-order valence-electron chi connectivity index (χ1n) is 5.51. The first-order valence-corrected chi connectivity index (χ1v) is 6.33. The van der Waals surface area contributed by atoms with Crippen LogP contribution in [0.5, 0.6) is 11.5 Å². The van der Waals surface area contributed by atoms with Gasteiger partial charge in [0.1, 0.15) is 16.5 Å². The minimum Gasteiger partial charge on any atom is -0.497 e. The maximum atomic E-state index is 5.55. The zero-order chi connectivity index (χ0) is 13.0. The fourth-order valence-corrected chi connectivity index (χ4v) is 2.30. The summed E-state index contributed by atoms with van der Waals surface area (Å²) >= 11 is 1.41. The number of nitrogens with zero attached hydrogens (tertiary/aromatic N) is 2. The topological polar surface area (TPSA) is 70.3 Å². The van der Waals surface area contributed by atoms with Crippen molar-refractivity contribution in [3.05, 3.63) is 28.8 Å². The van der Waals surface area contributed by atoms with E-state index < -0.39 is 0 Å². The Labute approximate surface area is 110 Å². The van der Waals surface area contributed by atoms with Crippen molar-refractivity contribution in [2.45, 2.75) is 12.8 Å². The molecule has 0 unspecified atom stereocenters. The van der Waals surface area contributed by atoms with Crippen molar-refractivity contribution in [1.82, 2.24) is 10.2 Å². The standard InChI is InChI=1S/C12H15N3O2S/c1-16-9-4-5-10(17-2)8(7-9)3-6-11-14-15-12(13)18-11/h4-5,7H,3,6H2,1-2H3,(H2,13,15). The van der Waals surface area contributed by atoms with Gasteiger partial charge in [-0.25, -0.2) is 0 Å². The average Bonchev–Trinajstić information content (AvgIpc) is 2.81. The molecule has 0 amide bonds. The van der Waals surface area contributed by atoms with Crippen LogP contribution in [0.25, 0.3) is 0 Å². The van der Waals surface area contributed by atoms with E-state index in [2.05, 4.69) is 10.2 Å². The van der Waals surface area contributed by atoms with Gasteiger partial charge in [0.05, 0.1) is 14.2 Å². The first-order chi connectivity index (χ1) is 8.72. The van der Waals surface area contributed by atoms with Crippen LogP contribution in [-0.4, -0.2) is 24.4 Å². The molecule has 0 fully saturated rings. The van der Waals surface area contributed by atoms with Crippen molar-refractivity contribution in [1.29, 1.82) is 0 Å². The van der Waals surface area contributed by atoms with E-state index in [9.17, 15) is 0 Å². The number of ether oxygens (including phenoxy) is 2. The number of aryl methyl sites for hydroxylation is 2. The molecule has 0 atom stereocenters. The lowest BCUT2D eigenvalue weighted by Crippen LogP contribution is -1.96. The lowest BCUT2D eigenvalue weighted by molar-refractivity contribution is 0.398. The predicted molar refractivity (Wildman–Crippen MR) is 71.3 cm³/mol. The van der Waals surface area contributed by atoms with E-state index in [1.165, 1.54) is 11.3 Å². The summed E-state index contributed by atoms with van der Waals surface area (Å²) in [4.78, 5) is 0. The van der Waals surface area contributed by atoms with Gasteiger partial charge in [0.2, 0.25) is 5.13 Å². The Morgan fingerprint density at radius 3 is 2.61 bits per heavy atom. The van der Waals surface area contributed by atoms with E-state index in [0.717, 1.165) is 34.9 Å². The SMILES string of the molecule is COc1ccc(OC)c(CCc2nnc(N)s2)c1. The summed E-state index contributed by atoms with van der Waals surface area (Å²) in [5, 5.41) is 9.23. The highest BCUT2D eigenvalue weighted by atomic mass is 32.1. The van der Waals surface area contributed by atoms with E-state index in [1.54, 1.807) is 14.2 Å². The van der Waals surface area contributed by atoms with Gasteiger partial charge in [-0.15, -0.1) is 10.2 Å². The zero-order valence-corrected chi connectivity index (χ0v) is 11.2. The van der Waals surface area contributed by atoms with Crippen LogP contribution in [0.3, 0.4) is 0 Å². The fourth-order valence-electron chi connectivity index (χ4n) is 1.69. The van der Waals surface area contributed by atoms with Crippen LogP contribution in [-0.2, 0) is 12.8 Å². The molecule has 6 heteroatoms. The summed E-state index contributed by atoms with van der Waals surface area (Å²) in [5.74, 6) is 1.68. The van der Waals surface area contributed by atoms with Crippen LogP contribution in [0.15, 0.2) is 18.2 Å². The van der Waals surface area contributed by atoms with Crippen LogP contribution in [0.2, 0.25) is 0 Å². The number of benzene rings is 1. The van der Waals surface area contributed by atoms with Gasteiger partial charge < -0.3 is 15.2 Å². The summed E-state index contributed by atoms with van der Waals surface area (Å²) in [6.45, 7) is 0. The molecule has 1 heterocycles. The average molecular weight is 265 g/mol. The molecule has 0 aliphatic heterocycles. The molecular formula is C12H15N3O2S. The monoisotopic (exact) mass is 265 g/mol. The van der Waals surface area contributed by atoms with Crippen molar-refractivity contribution in [2.75, 3.05) is 20.0 Å². The molecule has 1 aromatic carbocycles. The number of nitrogen functional groups attached to an aromatic ring is 1. The van der Waals surface area contributed by atoms with E-state index in [4.69, 9.17) is 15.2 Å². The van der Waals surface area contributed by atoms with E-state index in [-0.39, 0.29) is 0 Å².